The van der Waals surface area contributed by atoms with E-state index in [0.29, 0.717) is 12.8 Å². The molecule has 4 N–H and O–H groups in total. The molecule has 0 fully saturated rings. The lowest BCUT2D eigenvalue weighted by atomic mass is 10.0. The van der Waals surface area contributed by atoms with Crippen LogP contribution in [-0.2, 0) is 14.9 Å². The lowest BCUT2D eigenvalue weighted by Gasteiger charge is -2.22. The molecule has 312 valence electrons. The summed E-state index contributed by atoms with van der Waals surface area (Å²) in [5.74, 6) is -1.56. The third kappa shape index (κ3) is 38.6. The third-order valence-corrected chi connectivity index (χ3v) is 10.9. The Kier molecular flexibility index (Phi) is 37.7. The number of rotatable bonds is 40. The first kappa shape index (κ1) is 51.5. The van der Waals surface area contributed by atoms with Gasteiger partial charge in [-0.3, -0.25) is 9.35 Å². The summed E-state index contributed by atoms with van der Waals surface area (Å²) < 4.78 is 32.6. The summed E-state index contributed by atoms with van der Waals surface area (Å²) in [6, 6.07) is -1.25. The number of hydrogen-bond acceptors (Lipinski definition) is 5. The van der Waals surface area contributed by atoms with Gasteiger partial charge in [-0.2, -0.15) is 8.42 Å². The standard InChI is InChI=1S/C45H85NO6S/c1-3-5-7-9-11-13-15-17-19-21-23-25-27-29-31-33-35-37-39-43(47)42(41-53(50,51)52)46-45(49)44(48)40-38-36-34-32-30-28-26-24-22-20-18-16-14-12-10-8-6-4-2/h21,23,29,31,37,39,42-44,47-48H,3-20,22,24-28,30,32-36,38,40-41H2,1-2H3,(H,46,49)(H,50,51,52)/b23-21+,31-29+,39-37+. The van der Waals surface area contributed by atoms with E-state index >= 15 is 0 Å². The predicted molar refractivity (Wildman–Crippen MR) is 227 cm³/mol. The number of unbranched alkanes of at least 4 members (excludes halogenated alkanes) is 27. The summed E-state index contributed by atoms with van der Waals surface area (Å²) in [5.41, 5.74) is 0. The topological polar surface area (TPSA) is 124 Å². The molecule has 8 heteroatoms. The molecule has 3 atom stereocenters. The van der Waals surface area contributed by atoms with Crippen molar-refractivity contribution in [3.8, 4) is 0 Å². The molecule has 0 aromatic rings. The highest BCUT2D eigenvalue weighted by Crippen LogP contribution is 2.15. The van der Waals surface area contributed by atoms with Gasteiger partial charge in [0, 0.05) is 0 Å². The molecule has 0 heterocycles. The number of amides is 1. The Morgan fingerprint density at radius 2 is 0.849 bits per heavy atom. The smallest absolute Gasteiger partial charge is 0.267 e. The third-order valence-electron chi connectivity index (χ3n) is 10.2. The fourth-order valence-corrected chi connectivity index (χ4v) is 7.46. The first-order chi connectivity index (χ1) is 25.7. The van der Waals surface area contributed by atoms with Gasteiger partial charge in [0.25, 0.3) is 10.1 Å². The van der Waals surface area contributed by atoms with Crippen LogP contribution >= 0.6 is 0 Å². The molecule has 0 saturated heterocycles. The molecule has 53 heavy (non-hydrogen) atoms. The van der Waals surface area contributed by atoms with E-state index < -0.39 is 40.0 Å². The van der Waals surface area contributed by atoms with Gasteiger partial charge in [0.15, 0.2) is 0 Å². The average molecular weight is 768 g/mol. The van der Waals surface area contributed by atoms with E-state index in [-0.39, 0.29) is 6.42 Å². The van der Waals surface area contributed by atoms with Crippen molar-refractivity contribution in [2.24, 2.45) is 0 Å². The van der Waals surface area contributed by atoms with Crippen LogP contribution in [0.5, 0.6) is 0 Å². The minimum absolute atomic E-state index is 0.274. The maximum atomic E-state index is 12.6. The number of allylic oxidation sites excluding steroid dienone is 5. The van der Waals surface area contributed by atoms with Crippen LogP contribution in [0, 0.1) is 0 Å². The molecule has 0 aromatic heterocycles. The van der Waals surface area contributed by atoms with E-state index in [1.165, 1.54) is 147 Å². The zero-order valence-electron chi connectivity index (χ0n) is 34.5. The minimum Gasteiger partial charge on any atom is -0.387 e. The highest BCUT2D eigenvalue weighted by Gasteiger charge is 2.27. The number of carbonyl (C=O) groups is 1. The van der Waals surface area contributed by atoms with E-state index in [1.807, 2.05) is 0 Å². The van der Waals surface area contributed by atoms with Crippen LogP contribution < -0.4 is 5.32 Å². The maximum Gasteiger partial charge on any atom is 0.267 e. The summed E-state index contributed by atoms with van der Waals surface area (Å²) in [6.07, 6.45) is 47.7. The number of carbonyl (C=O) groups excluding carboxylic acids is 1. The summed E-state index contributed by atoms with van der Waals surface area (Å²) in [5, 5.41) is 23.4. The molecular weight excluding hydrogens is 683 g/mol. The average Bonchev–Trinajstić information content (AvgIpc) is 3.12. The summed E-state index contributed by atoms with van der Waals surface area (Å²) in [6.45, 7) is 4.52. The molecule has 0 spiro atoms. The van der Waals surface area contributed by atoms with E-state index in [1.54, 1.807) is 6.08 Å². The Labute approximate surface area is 328 Å². The van der Waals surface area contributed by atoms with E-state index in [0.717, 1.165) is 44.9 Å². The fourth-order valence-electron chi connectivity index (χ4n) is 6.72. The van der Waals surface area contributed by atoms with Gasteiger partial charge in [0.05, 0.1) is 17.9 Å². The van der Waals surface area contributed by atoms with Crippen molar-refractivity contribution >= 4 is 16.0 Å². The molecule has 0 aliphatic rings. The van der Waals surface area contributed by atoms with Gasteiger partial charge in [-0.05, 0) is 44.9 Å². The monoisotopic (exact) mass is 768 g/mol. The number of hydrogen-bond donors (Lipinski definition) is 4. The van der Waals surface area contributed by atoms with Gasteiger partial charge in [-0.25, -0.2) is 0 Å². The molecular formula is C45H85NO6S. The van der Waals surface area contributed by atoms with Gasteiger partial charge in [0.1, 0.15) is 6.10 Å². The molecule has 7 nitrogen and oxygen atoms in total. The van der Waals surface area contributed by atoms with Gasteiger partial charge in [-0.1, -0.05) is 211 Å². The van der Waals surface area contributed by atoms with Crippen molar-refractivity contribution in [2.75, 3.05) is 5.75 Å². The number of aliphatic hydroxyl groups is 2. The van der Waals surface area contributed by atoms with Crippen LogP contribution in [0.25, 0.3) is 0 Å². The van der Waals surface area contributed by atoms with E-state index in [4.69, 9.17) is 0 Å². The van der Waals surface area contributed by atoms with Crippen LogP contribution in [0.4, 0.5) is 0 Å². The summed E-state index contributed by atoms with van der Waals surface area (Å²) >= 11 is 0. The van der Waals surface area contributed by atoms with Gasteiger partial charge in [-0.15, -0.1) is 0 Å². The second kappa shape index (κ2) is 38.8. The molecule has 0 aliphatic carbocycles. The number of aliphatic hydroxyl groups excluding tert-OH is 2. The van der Waals surface area contributed by atoms with Crippen molar-refractivity contribution in [1.82, 2.24) is 5.32 Å². The van der Waals surface area contributed by atoms with Crippen molar-refractivity contribution in [3.63, 3.8) is 0 Å². The maximum absolute atomic E-state index is 12.6. The SMILES string of the molecule is CCCCCCCCCC/C=C/CC/C=C/CC/C=C/C(O)C(CS(=O)(=O)O)NC(=O)C(O)CCCCCCCCCCCCCCCCCCCC. The summed E-state index contributed by atoms with van der Waals surface area (Å²) in [7, 11) is -4.46. The first-order valence-corrected chi connectivity index (χ1v) is 23.9. The van der Waals surface area contributed by atoms with Crippen molar-refractivity contribution < 1.29 is 28.0 Å². The van der Waals surface area contributed by atoms with Crippen molar-refractivity contribution in [3.05, 3.63) is 36.5 Å². The largest absolute Gasteiger partial charge is 0.387 e. The summed E-state index contributed by atoms with van der Waals surface area (Å²) in [4.78, 5) is 12.6. The normalized spacial score (nSPS) is 14.1. The molecule has 0 saturated carbocycles. The van der Waals surface area contributed by atoms with Crippen LogP contribution in [0.3, 0.4) is 0 Å². The van der Waals surface area contributed by atoms with Crippen molar-refractivity contribution in [1.29, 1.82) is 0 Å². The molecule has 0 aromatic carbocycles. The fraction of sp³-hybridized carbons (Fsp3) is 0.844. The molecule has 0 rings (SSSR count). The van der Waals surface area contributed by atoms with Crippen LogP contribution in [0.15, 0.2) is 36.5 Å². The van der Waals surface area contributed by atoms with Crippen LogP contribution in [0.1, 0.15) is 219 Å². The molecule has 3 unspecified atom stereocenters. The minimum atomic E-state index is -4.46. The Hall–Kier alpha value is -1.48. The lowest BCUT2D eigenvalue weighted by Crippen LogP contribution is -2.50. The lowest BCUT2D eigenvalue weighted by molar-refractivity contribution is -0.130. The molecule has 0 bridgehead atoms. The Morgan fingerprint density at radius 1 is 0.509 bits per heavy atom. The van der Waals surface area contributed by atoms with Gasteiger partial charge in [0.2, 0.25) is 5.91 Å². The molecule has 1 amide bonds. The Balaban J connectivity index is 4.04. The predicted octanol–water partition coefficient (Wildman–Crippen LogP) is 12.3. The Morgan fingerprint density at radius 3 is 1.25 bits per heavy atom. The zero-order valence-corrected chi connectivity index (χ0v) is 35.3. The number of nitrogens with one attached hydrogen (secondary N) is 1. The first-order valence-electron chi connectivity index (χ1n) is 22.3. The van der Waals surface area contributed by atoms with Gasteiger partial charge >= 0.3 is 0 Å². The van der Waals surface area contributed by atoms with Crippen LogP contribution in [0.2, 0.25) is 0 Å². The zero-order chi connectivity index (χ0) is 39.1. The van der Waals surface area contributed by atoms with E-state index in [2.05, 4.69) is 43.5 Å². The molecule has 0 aliphatic heterocycles. The molecule has 0 radical (unpaired) electrons. The van der Waals surface area contributed by atoms with Gasteiger partial charge < -0.3 is 15.5 Å². The highest BCUT2D eigenvalue weighted by atomic mass is 32.2. The second-order valence-electron chi connectivity index (χ2n) is 15.5. The van der Waals surface area contributed by atoms with Crippen molar-refractivity contribution in [2.45, 2.75) is 238 Å². The van der Waals surface area contributed by atoms with E-state index in [9.17, 15) is 28.0 Å². The van der Waals surface area contributed by atoms with Crippen LogP contribution in [-0.4, -0.2) is 53.1 Å². The highest BCUT2D eigenvalue weighted by molar-refractivity contribution is 7.85. The second-order valence-corrected chi connectivity index (χ2v) is 17.0. The quantitative estimate of drug-likeness (QED) is 0.0280. The Bertz CT molecular complexity index is 995.